The Kier molecular flexibility index (Phi) is 5.84. The minimum atomic E-state index is -0.614. The van der Waals surface area contributed by atoms with Crippen LogP contribution in [0, 0.1) is 9.49 Å². The number of nitrogens with zero attached hydrogens (tertiary/aromatic N) is 3. The predicted molar refractivity (Wildman–Crippen MR) is 112 cm³/mol. The van der Waals surface area contributed by atoms with Gasteiger partial charge in [-0.3, -0.25) is 9.59 Å². The standard InChI is InChI=1S/C19H17IN4O3/c1-12-15(19(26)24(23-12)14-6-4-3-5-7-14)11-21-22-18(25)13-8-9-16(20)17(10-13)27-2/h3-11,15H,1-2H3,(H,22,25)/b21-11-/t15-/m0/s1. The van der Waals surface area contributed by atoms with Crippen molar-refractivity contribution in [1.29, 1.82) is 0 Å². The molecule has 2 amide bonds. The molecule has 1 aliphatic rings. The third kappa shape index (κ3) is 4.16. The van der Waals surface area contributed by atoms with Crippen LogP contribution in [0.4, 0.5) is 5.69 Å². The van der Waals surface area contributed by atoms with Crippen molar-refractivity contribution in [2.75, 3.05) is 12.1 Å². The molecule has 0 aliphatic carbocycles. The van der Waals surface area contributed by atoms with Crippen LogP contribution in [0.3, 0.4) is 0 Å². The molecule has 0 saturated carbocycles. The molecule has 0 saturated heterocycles. The zero-order chi connectivity index (χ0) is 19.4. The van der Waals surface area contributed by atoms with Crippen molar-refractivity contribution in [3.8, 4) is 5.75 Å². The molecule has 0 fully saturated rings. The second-order valence-electron chi connectivity index (χ2n) is 5.77. The molecule has 0 radical (unpaired) electrons. The lowest BCUT2D eigenvalue weighted by Crippen LogP contribution is -2.29. The Bertz CT molecular complexity index is 928. The quantitative estimate of drug-likeness (QED) is 0.409. The van der Waals surface area contributed by atoms with E-state index < -0.39 is 5.92 Å². The summed E-state index contributed by atoms with van der Waals surface area (Å²) in [4.78, 5) is 24.8. The van der Waals surface area contributed by atoms with Crippen LogP contribution in [0.2, 0.25) is 0 Å². The van der Waals surface area contributed by atoms with Gasteiger partial charge < -0.3 is 4.74 Å². The molecule has 8 heteroatoms. The number of hydrogen-bond donors (Lipinski definition) is 1. The average Bonchev–Trinajstić information content (AvgIpc) is 2.97. The van der Waals surface area contributed by atoms with Crippen molar-refractivity contribution in [1.82, 2.24) is 5.43 Å². The maximum absolute atomic E-state index is 12.6. The Balaban J connectivity index is 1.67. The number of methoxy groups -OCH3 is 1. The summed E-state index contributed by atoms with van der Waals surface area (Å²) in [6.07, 6.45) is 1.39. The number of hydrogen-bond acceptors (Lipinski definition) is 5. The van der Waals surface area contributed by atoms with Crippen LogP contribution in [-0.2, 0) is 4.79 Å². The van der Waals surface area contributed by atoms with Gasteiger partial charge in [-0.05, 0) is 59.8 Å². The number of halogens is 1. The second-order valence-corrected chi connectivity index (χ2v) is 6.94. The Morgan fingerprint density at radius 3 is 2.74 bits per heavy atom. The third-order valence-electron chi connectivity index (χ3n) is 3.99. The molecule has 0 bridgehead atoms. The van der Waals surface area contributed by atoms with E-state index in [4.69, 9.17) is 4.74 Å². The van der Waals surface area contributed by atoms with Crippen LogP contribution in [0.5, 0.6) is 5.75 Å². The fourth-order valence-electron chi connectivity index (χ4n) is 2.54. The highest BCUT2D eigenvalue weighted by Gasteiger charge is 2.33. The lowest BCUT2D eigenvalue weighted by Gasteiger charge is -2.12. The minimum Gasteiger partial charge on any atom is -0.496 e. The van der Waals surface area contributed by atoms with Crippen LogP contribution in [-0.4, -0.2) is 30.9 Å². The molecule has 1 aliphatic heterocycles. The topological polar surface area (TPSA) is 83.4 Å². The van der Waals surface area contributed by atoms with E-state index in [1.807, 2.05) is 18.2 Å². The first-order valence-electron chi connectivity index (χ1n) is 8.12. The van der Waals surface area contributed by atoms with Crippen molar-refractivity contribution in [3.63, 3.8) is 0 Å². The van der Waals surface area contributed by atoms with Gasteiger partial charge in [0.15, 0.2) is 0 Å². The first kappa shape index (κ1) is 19.0. The normalized spacial score (nSPS) is 16.6. The monoisotopic (exact) mass is 476 g/mol. The number of rotatable bonds is 5. The van der Waals surface area contributed by atoms with Gasteiger partial charge in [-0.25, -0.2) is 5.43 Å². The largest absolute Gasteiger partial charge is 0.496 e. The van der Waals surface area contributed by atoms with E-state index in [1.165, 1.54) is 11.2 Å². The van der Waals surface area contributed by atoms with Crippen molar-refractivity contribution >= 4 is 52.0 Å². The highest BCUT2D eigenvalue weighted by molar-refractivity contribution is 14.1. The Morgan fingerprint density at radius 2 is 2.04 bits per heavy atom. The van der Waals surface area contributed by atoms with Gasteiger partial charge in [-0.15, -0.1) is 0 Å². The zero-order valence-corrected chi connectivity index (χ0v) is 16.9. The van der Waals surface area contributed by atoms with Gasteiger partial charge >= 0.3 is 0 Å². The van der Waals surface area contributed by atoms with E-state index in [0.717, 1.165) is 3.57 Å². The number of carbonyl (C=O) groups excluding carboxylic acids is 2. The SMILES string of the molecule is COc1cc(C(=O)N/N=C\[C@@H]2C(=O)N(c3ccccc3)N=C2C)ccc1I. The van der Waals surface area contributed by atoms with Crippen LogP contribution in [0.15, 0.2) is 58.7 Å². The Labute approximate surface area is 170 Å². The molecular weight excluding hydrogens is 459 g/mol. The number of nitrogens with one attached hydrogen (secondary N) is 1. The molecule has 27 heavy (non-hydrogen) atoms. The lowest BCUT2D eigenvalue weighted by atomic mass is 10.1. The van der Waals surface area contributed by atoms with Gasteiger partial charge in [0.05, 0.1) is 22.1 Å². The molecule has 2 aromatic rings. The number of carbonyl (C=O) groups is 2. The molecule has 138 valence electrons. The summed E-state index contributed by atoms with van der Waals surface area (Å²) in [6.45, 7) is 1.75. The first-order chi connectivity index (χ1) is 13.0. The molecule has 2 aromatic carbocycles. The number of amides is 2. The summed E-state index contributed by atoms with van der Waals surface area (Å²) in [7, 11) is 1.55. The fraction of sp³-hybridized carbons (Fsp3) is 0.158. The van der Waals surface area contributed by atoms with Crippen LogP contribution < -0.4 is 15.2 Å². The van der Waals surface area contributed by atoms with Crippen molar-refractivity contribution < 1.29 is 14.3 Å². The summed E-state index contributed by atoms with van der Waals surface area (Å²) in [5, 5.41) is 9.57. The van der Waals surface area contributed by atoms with Gasteiger partial charge in [0.25, 0.3) is 11.8 Å². The Hall–Kier alpha value is -2.75. The van der Waals surface area contributed by atoms with Crippen molar-refractivity contribution in [2.24, 2.45) is 16.1 Å². The van der Waals surface area contributed by atoms with E-state index in [-0.39, 0.29) is 11.8 Å². The lowest BCUT2D eigenvalue weighted by molar-refractivity contribution is -0.118. The number of para-hydroxylation sites is 1. The molecular formula is C19H17IN4O3. The maximum Gasteiger partial charge on any atom is 0.271 e. The van der Waals surface area contributed by atoms with Crippen LogP contribution in [0.25, 0.3) is 0 Å². The minimum absolute atomic E-state index is 0.215. The van der Waals surface area contributed by atoms with Crippen molar-refractivity contribution in [2.45, 2.75) is 6.92 Å². The fourth-order valence-corrected chi connectivity index (χ4v) is 3.10. The highest BCUT2D eigenvalue weighted by Crippen LogP contribution is 2.23. The molecule has 0 unspecified atom stereocenters. The third-order valence-corrected chi connectivity index (χ3v) is 4.88. The van der Waals surface area contributed by atoms with Gasteiger partial charge in [0, 0.05) is 11.8 Å². The molecule has 1 atom stereocenters. The Morgan fingerprint density at radius 1 is 1.30 bits per heavy atom. The van der Waals surface area contributed by atoms with Gasteiger partial charge in [-0.2, -0.15) is 15.2 Å². The molecule has 3 rings (SSSR count). The van der Waals surface area contributed by atoms with E-state index in [2.05, 4.69) is 38.2 Å². The van der Waals surface area contributed by atoms with E-state index >= 15 is 0 Å². The van der Waals surface area contributed by atoms with Crippen LogP contribution in [0.1, 0.15) is 17.3 Å². The second kappa shape index (κ2) is 8.30. The van der Waals surface area contributed by atoms with Crippen LogP contribution >= 0.6 is 22.6 Å². The number of hydrazone groups is 2. The number of benzene rings is 2. The summed E-state index contributed by atoms with van der Waals surface area (Å²) < 4.78 is 6.11. The summed E-state index contributed by atoms with van der Waals surface area (Å²) >= 11 is 2.12. The molecule has 0 spiro atoms. The van der Waals surface area contributed by atoms with Crippen molar-refractivity contribution in [3.05, 3.63) is 57.7 Å². The smallest absolute Gasteiger partial charge is 0.271 e. The number of ether oxygens (including phenoxy) is 1. The summed E-state index contributed by atoms with van der Waals surface area (Å²) in [5.41, 5.74) is 4.15. The van der Waals surface area contributed by atoms with E-state index in [1.54, 1.807) is 44.4 Å². The molecule has 0 aromatic heterocycles. The highest BCUT2D eigenvalue weighted by atomic mass is 127. The maximum atomic E-state index is 12.6. The van der Waals surface area contributed by atoms with Gasteiger partial charge in [0.1, 0.15) is 11.7 Å². The number of anilines is 1. The van der Waals surface area contributed by atoms with Gasteiger partial charge in [-0.1, -0.05) is 18.2 Å². The summed E-state index contributed by atoms with van der Waals surface area (Å²) in [6, 6.07) is 14.3. The first-order valence-corrected chi connectivity index (χ1v) is 9.20. The van der Waals surface area contributed by atoms with E-state index in [0.29, 0.717) is 22.7 Å². The predicted octanol–water partition coefficient (Wildman–Crippen LogP) is 3.05. The summed E-state index contributed by atoms with van der Waals surface area (Å²) in [5.74, 6) is -0.606. The molecule has 1 N–H and O–H groups in total. The van der Waals surface area contributed by atoms with E-state index in [9.17, 15) is 9.59 Å². The van der Waals surface area contributed by atoms with Gasteiger partial charge in [0.2, 0.25) is 0 Å². The molecule has 1 heterocycles. The molecule has 7 nitrogen and oxygen atoms in total. The average molecular weight is 476 g/mol. The zero-order valence-electron chi connectivity index (χ0n) is 14.7.